The predicted molar refractivity (Wildman–Crippen MR) is 80.8 cm³/mol. The highest BCUT2D eigenvalue weighted by Gasteiger charge is 2.29. The van der Waals surface area contributed by atoms with E-state index >= 15 is 0 Å². The van der Waals surface area contributed by atoms with E-state index in [9.17, 15) is 9.59 Å². The Hall–Kier alpha value is -1.80. The van der Waals surface area contributed by atoms with Crippen molar-refractivity contribution in [2.75, 3.05) is 36.9 Å². The predicted octanol–water partition coefficient (Wildman–Crippen LogP) is 0.831. The number of carbonyl (C=O) groups excluding carboxylic acids is 2. The summed E-state index contributed by atoms with van der Waals surface area (Å²) in [7, 11) is 0. The van der Waals surface area contributed by atoms with Crippen molar-refractivity contribution in [3.8, 4) is 0 Å². The average Bonchev–Trinajstić information content (AvgIpc) is 2.77. The lowest BCUT2D eigenvalue weighted by molar-refractivity contribution is 0.0531. The Kier molecular flexibility index (Phi) is 4.69. The summed E-state index contributed by atoms with van der Waals surface area (Å²) in [5.41, 5.74) is 11.6. The molecule has 1 saturated heterocycles. The third-order valence-corrected chi connectivity index (χ3v) is 4.41. The number of ether oxygens (including phenoxy) is 2. The fourth-order valence-electron chi connectivity index (χ4n) is 2.24. The number of hydrogen-bond acceptors (Lipinski definition) is 7. The van der Waals surface area contributed by atoms with Gasteiger partial charge < -0.3 is 25.8 Å². The van der Waals surface area contributed by atoms with E-state index in [4.69, 9.17) is 20.9 Å². The first-order chi connectivity index (χ1) is 9.95. The van der Waals surface area contributed by atoms with Gasteiger partial charge >= 0.3 is 5.97 Å². The van der Waals surface area contributed by atoms with Gasteiger partial charge in [0.15, 0.2) is 0 Å². The summed E-state index contributed by atoms with van der Waals surface area (Å²) in [5, 5.41) is 0.609. The molecule has 1 atom stereocenters. The average molecular weight is 313 g/mol. The fraction of sp³-hybridized carbons (Fsp3) is 0.538. The van der Waals surface area contributed by atoms with E-state index in [-0.39, 0.29) is 28.8 Å². The Morgan fingerprint density at radius 2 is 2.24 bits per heavy atom. The third-order valence-electron chi connectivity index (χ3n) is 3.16. The van der Waals surface area contributed by atoms with Gasteiger partial charge in [0, 0.05) is 13.1 Å². The van der Waals surface area contributed by atoms with Gasteiger partial charge in [-0.05, 0) is 13.8 Å². The van der Waals surface area contributed by atoms with Crippen molar-refractivity contribution < 1.29 is 19.1 Å². The van der Waals surface area contributed by atoms with E-state index in [1.807, 2.05) is 11.8 Å². The van der Waals surface area contributed by atoms with Crippen LogP contribution >= 0.6 is 11.3 Å². The van der Waals surface area contributed by atoms with Crippen molar-refractivity contribution in [2.24, 2.45) is 5.73 Å². The molecular formula is C13H19N3O4S. The first-order valence-corrected chi connectivity index (χ1v) is 7.53. The second-order valence-corrected chi connectivity index (χ2v) is 5.74. The largest absolute Gasteiger partial charge is 0.462 e. The normalized spacial score (nSPS) is 18.6. The second kappa shape index (κ2) is 6.31. The van der Waals surface area contributed by atoms with Crippen LogP contribution in [0.15, 0.2) is 0 Å². The summed E-state index contributed by atoms with van der Waals surface area (Å²) in [6.45, 7) is 5.67. The SMILES string of the molecule is CCOC(=O)c1sc(N2CCOC(C)C2)c(C(N)=O)c1N. The summed E-state index contributed by atoms with van der Waals surface area (Å²) in [4.78, 5) is 25.8. The highest BCUT2D eigenvalue weighted by Crippen LogP contribution is 2.39. The van der Waals surface area contributed by atoms with Crippen LogP contribution in [0.25, 0.3) is 0 Å². The van der Waals surface area contributed by atoms with Gasteiger partial charge in [-0.1, -0.05) is 0 Å². The van der Waals surface area contributed by atoms with Gasteiger partial charge in [-0.25, -0.2) is 4.79 Å². The van der Waals surface area contributed by atoms with Crippen LogP contribution in [0.3, 0.4) is 0 Å². The molecule has 1 aliphatic heterocycles. The number of primary amides is 1. The van der Waals surface area contributed by atoms with Crippen LogP contribution in [0.4, 0.5) is 10.7 Å². The molecule has 0 saturated carbocycles. The highest BCUT2D eigenvalue weighted by molar-refractivity contribution is 7.19. The first kappa shape index (κ1) is 15.6. The zero-order chi connectivity index (χ0) is 15.6. The minimum atomic E-state index is -0.645. The topological polar surface area (TPSA) is 108 Å². The number of esters is 1. The number of carbonyl (C=O) groups is 2. The molecular weight excluding hydrogens is 294 g/mol. The Labute approximate surface area is 126 Å². The third kappa shape index (κ3) is 3.11. The first-order valence-electron chi connectivity index (χ1n) is 6.71. The molecule has 1 amide bonds. The van der Waals surface area contributed by atoms with Crippen molar-refractivity contribution in [2.45, 2.75) is 20.0 Å². The van der Waals surface area contributed by atoms with Crippen molar-refractivity contribution in [3.63, 3.8) is 0 Å². The number of thiophene rings is 1. The Morgan fingerprint density at radius 1 is 1.52 bits per heavy atom. The van der Waals surface area contributed by atoms with Gasteiger partial charge in [-0.15, -0.1) is 11.3 Å². The molecule has 0 spiro atoms. The summed E-state index contributed by atoms with van der Waals surface area (Å²) in [5.74, 6) is -1.18. The van der Waals surface area contributed by atoms with Crippen LogP contribution in [-0.4, -0.2) is 44.3 Å². The Bertz CT molecular complexity index is 558. The van der Waals surface area contributed by atoms with E-state index in [1.165, 1.54) is 0 Å². The zero-order valence-electron chi connectivity index (χ0n) is 12.0. The van der Waals surface area contributed by atoms with Crippen LogP contribution in [0.1, 0.15) is 33.9 Å². The number of nitrogens with zero attached hydrogens (tertiary/aromatic N) is 1. The molecule has 2 heterocycles. The molecule has 0 aliphatic carbocycles. The maximum Gasteiger partial charge on any atom is 0.350 e. The number of nitrogen functional groups attached to an aromatic ring is 1. The van der Waals surface area contributed by atoms with Gasteiger partial charge in [0.05, 0.1) is 30.6 Å². The van der Waals surface area contributed by atoms with Crippen LogP contribution in [0, 0.1) is 0 Å². The van der Waals surface area contributed by atoms with Gasteiger partial charge in [0.1, 0.15) is 9.88 Å². The summed E-state index contributed by atoms with van der Waals surface area (Å²) in [6.07, 6.45) is 0.0360. The smallest absolute Gasteiger partial charge is 0.350 e. The standard InChI is InChI=1S/C13H19N3O4S/c1-3-19-13(18)10-9(14)8(11(15)17)12(21-10)16-4-5-20-7(2)6-16/h7H,3-6,14H2,1-2H3,(H2,15,17). The van der Waals surface area contributed by atoms with Crippen LogP contribution < -0.4 is 16.4 Å². The molecule has 1 unspecified atom stereocenters. The van der Waals surface area contributed by atoms with Crippen LogP contribution in [-0.2, 0) is 9.47 Å². The Balaban J connectivity index is 2.42. The molecule has 1 fully saturated rings. The molecule has 0 aromatic carbocycles. The minimum absolute atomic E-state index is 0.0360. The van der Waals surface area contributed by atoms with Crippen LogP contribution in [0.5, 0.6) is 0 Å². The highest BCUT2D eigenvalue weighted by atomic mass is 32.1. The number of morpholine rings is 1. The van der Waals surface area contributed by atoms with Crippen molar-refractivity contribution in [1.29, 1.82) is 0 Å². The number of anilines is 2. The number of amides is 1. The lowest BCUT2D eigenvalue weighted by atomic mass is 10.2. The van der Waals surface area contributed by atoms with Crippen molar-refractivity contribution in [1.82, 2.24) is 0 Å². The molecule has 2 rings (SSSR count). The van der Waals surface area contributed by atoms with Gasteiger partial charge in [-0.2, -0.15) is 0 Å². The van der Waals surface area contributed by atoms with E-state index in [1.54, 1.807) is 6.92 Å². The minimum Gasteiger partial charge on any atom is -0.462 e. The Morgan fingerprint density at radius 3 is 2.81 bits per heavy atom. The van der Waals surface area contributed by atoms with Gasteiger partial charge in [0.2, 0.25) is 0 Å². The molecule has 21 heavy (non-hydrogen) atoms. The number of nitrogens with two attached hydrogens (primary N) is 2. The molecule has 1 aromatic heterocycles. The zero-order valence-corrected chi connectivity index (χ0v) is 12.9. The molecule has 0 bridgehead atoms. The van der Waals surface area contributed by atoms with Gasteiger partial charge in [0.25, 0.3) is 5.91 Å². The molecule has 0 radical (unpaired) electrons. The summed E-state index contributed by atoms with van der Waals surface area (Å²) >= 11 is 1.14. The molecule has 7 nitrogen and oxygen atoms in total. The lowest BCUT2D eigenvalue weighted by Gasteiger charge is -2.32. The maximum atomic E-state index is 11.9. The molecule has 1 aromatic rings. The van der Waals surface area contributed by atoms with E-state index < -0.39 is 11.9 Å². The summed E-state index contributed by atoms with van der Waals surface area (Å²) < 4.78 is 10.4. The number of rotatable bonds is 4. The van der Waals surface area contributed by atoms with E-state index in [0.717, 1.165) is 11.3 Å². The molecule has 1 aliphatic rings. The van der Waals surface area contributed by atoms with Crippen molar-refractivity contribution >= 4 is 33.9 Å². The molecule has 4 N–H and O–H groups in total. The maximum absolute atomic E-state index is 11.9. The van der Waals surface area contributed by atoms with Crippen molar-refractivity contribution in [3.05, 3.63) is 10.4 Å². The lowest BCUT2D eigenvalue weighted by Crippen LogP contribution is -2.41. The fourth-order valence-corrected chi connectivity index (χ4v) is 3.40. The second-order valence-electron chi connectivity index (χ2n) is 4.74. The summed E-state index contributed by atoms with van der Waals surface area (Å²) in [6, 6.07) is 0. The van der Waals surface area contributed by atoms with E-state index in [2.05, 4.69) is 0 Å². The van der Waals surface area contributed by atoms with Crippen LogP contribution in [0.2, 0.25) is 0 Å². The van der Waals surface area contributed by atoms with E-state index in [0.29, 0.717) is 24.7 Å². The monoisotopic (exact) mass is 313 g/mol. The quantitative estimate of drug-likeness (QED) is 0.797. The molecule has 116 valence electrons. The van der Waals surface area contributed by atoms with Gasteiger partial charge in [-0.3, -0.25) is 4.79 Å². The molecule has 8 heteroatoms. The number of hydrogen-bond donors (Lipinski definition) is 2.